The highest BCUT2D eigenvalue weighted by Crippen LogP contribution is 2.26. The van der Waals surface area contributed by atoms with Crippen molar-refractivity contribution in [2.45, 2.75) is 11.8 Å². The van der Waals surface area contributed by atoms with E-state index in [1.165, 1.54) is 12.1 Å². The Labute approximate surface area is 132 Å². The topological polar surface area (TPSA) is 97.1 Å². The lowest BCUT2D eigenvalue weighted by Gasteiger charge is -2.11. The summed E-state index contributed by atoms with van der Waals surface area (Å²) >= 11 is 11.7. The van der Waals surface area contributed by atoms with E-state index in [9.17, 15) is 8.42 Å². The number of nitrogens with one attached hydrogen (secondary N) is 2. The molecule has 0 fully saturated rings. The summed E-state index contributed by atoms with van der Waals surface area (Å²) in [5, 5.41) is 0.528. The van der Waals surface area contributed by atoms with Gasteiger partial charge in [0.15, 0.2) is 5.82 Å². The summed E-state index contributed by atoms with van der Waals surface area (Å²) in [5.41, 5.74) is 3.39. The number of aromatic nitrogens is 1. The van der Waals surface area contributed by atoms with Crippen molar-refractivity contribution in [1.29, 1.82) is 0 Å². The molecule has 0 aliphatic rings. The number of halogens is 2. The predicted molar refractivity (Wildman–Crippen MR) is 84.1 cm³/mol. The molecule has 4 N–H and O–H groups in total. The van der Waals surface area contributed by atoms with Gasteiger partial charge in [-0.05, 0) is 30.7 Å². The number of hydrogen-bond donors (Lipinski definition) is 3. The largest absolute Gasteiger partial charge is 0.307 e. The fourth-order valence-electron chi connectivity index (χ4n) is 1.58. The second kappa shape index (κ2) is 6.07. The van der Waals surface area contributed by atoms with Crippen LogP contribution in [0.1, 0.15) is 5.56 Å². The molecule has 6 nitrogen and oxygen atoms in total. The molecule has 0 saturated carbocycles. The molecule has 2 rings (SSSR count). The van der Waals surface area contributed by atoms with E-state index >= 15 is 0 Å². The molecule has 0 unspecified atom stereocenters. The zero-order valence-corrected chi connectivity index (χ0v) is 13.2. The molecular weight excluding hydrogens is 335 g/mol. The van der Waals surface area contributed by atoms with Gasteiger partial charge in [-0.15, -0.1) is 0 Å². The number of benzene rings is 1. The highest BCUT2D eigenvalue weighted by atomic mass is 35.5. The fourth-order valence-corrected chi connectivity index (χ4v) is 3.13. The highest BCUT2D eigenvalue weighted by Gasteiger charge is 2.17. The van der Waals surface area contributed by atoms with Gasteiger partial charge in [0.05, 0.1) is 10.7 Å². The number of sulfonamides is 1. The molecule has 0 radical (unpaired) electrons. The van der Waals surface area contributed by atoms with Crippen LogP contribution in [0.4, 0.5) is 11.5 Å². The Morgan fingerprint density at radius 3 is 2.57 bits per heavy atom. The first-order chi connectivity index (χ1) is 9.83. The van der Waals surface area contributed by atoms with Crippen molar-refractivity contribution in [2.24, 2.45) is 5.84 Å². The van der Waals surface area contributed by atoms with Gasteiger partial charge in [0.25, 0.3) is 10.0 Å². The molecule has 1 aromatic carbocycles. The van der Waals surface area contributed by atoms with Gasteiger partial charge in [-0.3, -0.25) is 4.72 Å². The van der Waals surface area contributed by atoms with E-state index in [4.69, 9.17) is 29.0 Å². The van der Waals surface area contributed by atoms with Crippen molar-refractivity contribution >= 4 is 44.7 Å². The first-order valence-corrected chi connectivity index (χ1v) is 7.98. The zero-order valence-electron chi connectivity index (χ0n) is 10.9. The Kier molecular flexibility index (Phi) is 4.58. The second-order valence-electron chi connectivity index (χ2n) is 4.21. The summed E-state index contributed by atoms with van der Waals surface area (Å²) in [7, 11) is -3.82. The average molecular weight is 347 g/mol. The minimum atomic E-state index is -3.82. The number of rotatable bonds is 4. The zero-order chi connectivity index (χ0) is 15.6. The van der Waals surface area contributed by atoms with Gasteiger partial charge in [-0.1, -0.05) is 29.3 Å². The molecule has 9 heteroatoms. The summed E-state index contributed by atoms with van der Waals surface area (Å²) in [6, 6.07) is 6.17. The number of nitrogens with two attached hydrogens (primary N) is 1. The maximum absolute atomic E-state index is 12.3. The number of anilines is 2. The van der Waals surface area contributed by atoms with Crippen molar-refractivity contribution in [3.05, 3.63) is 46.1 Å². The van der Waals surface area contributed by atoms with E-state index in [2.05, 4.69) is 15.1 Å². The van der Waals surface area contributed by atoms with Gasteiger partial charge >= 0.3 is 0 Å². The SMILES string of the molecule is Cc1ccc(Cl)cc1NS(=O)(=O)c1cnc(NN)c(Cl)c1. The molecule has 0 atom stereocenters. The minimum absolute atomic E-state index is 0.0779. The van der Waals surface area contributed by atoms with E-state index in [-0.39, 0.29) is 15.7 Å². The van der Waals surface area contributed by atoms with Crippen molar-refractivity contribution in [3.8, 4) is 0 Å². The van der Waals surface area contributed by atoms with E-state index < -0.39 is 10.0 Å². The van der Waals surface area contributed by atoms with Gasteiger partial charge in [-0.2, -0.15) is 0 Å². The van der Waals surface area contributed by atoms with E-state index in [0.29, 0.717) is 10.7 Å². The van der Waals surface area contributed by atoms with Crippen LogP contribution in [0.3, 0.4) is 0 Å². The monoisotopic (exact) mass is 346 g/mol. The number of nitrogen functional groups attached to an aromatic ring is 1. The Morgan fingerprint density at radius 1 is 1.24 bits per heavy atom. The lowest BCUT2D eigenvalue weighted by atomic mass is 10.2. The third-order valence-corrected chi connectivity index (χ3v) is 4.56. The summed E-state index contributed by atoms with van der Waals surface area (Å²) < 4.78 is 27.1. The van der Waals surface area contributed by atoms with Crippen LogP contribution in [0.5, 0.6) is 0 Å². The van der Waals surface area contributed by atoms with Gasteiger partial charge in [0, 0.05) is 11.2 Å². The molecule has 21 heavy (non-hydrogen) atoms. The lowest BCUT2D eigenvalue weighted by Crippen LogP contribution is -2.15. The van der Waals surface area contributed by atoms with Crippen molar-refractivity contribution in [3.63, 3.8) is 0 Å². The summed E-state index contributed by atoms with van der Waals surface area (Å²) in [4.78, 5) is 3.75. The molecule has 0 amide bonds. The molecule has 0 saturated heterocycles. The van der Waals surface area contributed by atoms with Gasteiger partial charge in [0.1, 0.15) is 4.90 Å². The van der Waals surface area contributed by atoms with Crippen LogP contribution in [0.25, 0.3) is 0 Å². The number of nitrogens with zero attached hydrogens (tertiary/aromatic N) is 1. The molecule has 112 valence electrons. The Morgan fingerprint density at radius 2 is 1.95 bits per heavy atom. The van der Waals surface area contributed by atoms with E-state index in [0.717, 1.165) is 11.8 Å². The van der Waals surface area contributed by atoms with E-state index in [1.54, 1.807) is 19.1 Å². The predicted octanol–water partition coefficient (Wildman–Crippen LogP) is 2.78. The molecule has 0 aliphatic heterocycles. The fraction of sp³-hybridized carbons (Fsp3) is 0.0833. The van der Waals surface area contributed by atoms with Gasteiger partial charge < -0.3 is 5.43 Å². The average Bonchev–Trinajstić information content (AvgIpc) is 2.42. The van der Waals surface area contributed by atoms with Crippen LogP contribution in [0.15, 0.2) is 35.4 Å². The molecule has 0 bridgehead atoms. The van der Waals surface area contributed by atoms with Crippen LogP contribution in [-0.2, 0) is 10.0 Å². The number of pyridine rings is 1. The number of aryl methyl sites for hydroxylation is 1. The van der Waals surface area contributed by atoms with Crippen molar-refractivity contribution in [1.82, 2.24) is 4.98 Å². The Hall–Kier alpha value is -1.54. The van der Waals surface area contributed by atoms with Gasteiger partial charge in [0.2, 0.25) is 0 Å². The maximum atomic E-state index is 12.3. The second-order valence-corrected chi connectivity index (χ2v) is 6.74. The number of hydrazine groups is 1. The summed E-state index contributed by atoms with van der Waals surface area (Å²) in [6.45, 7) is 1.76. The third kappa shape index (κ3) is 3.56. The first kappa shape index (κ1) is 15.8. The molecule has 1 aromatic heterocycles. The van der Waals surface area contributed by atoms with Crippen LogP contribution in [0, 0.1) is 6.92 Å². The molecular formula is C12H12Cl2N4O2S. The minimum Gasteiger partial charge on any atom is -0.307 e. The van der Waals surface area contributed by atoms with Crippen LogP contribution in [-0.4, -0.2) is 13.4 Å². The third-order valence-electron chi connectivity index (χ3n) is 2.71. The van der Waals surface area contributed by atoms with Gasteiger partial charge in [-0.25, -0.2) is 19.2 Å². The normalized spacial score (nSPS) is 11.2. The molecule has 0 spiro atoms. The van der Waals surface area contributed by atoms with Crippen molar-refractivity contribution in [2.75, 3.05) is 10.1 Å². The van der Waals surface area contributed by atoms with Crippen molar-refractivity contribution < 1.29 is 8.42 Å². The molecule has 0 aliphatic carbocycles. The lowest BCUT2D eigenvalue weighted by molar-refractivity contribution is 0.601. The van der Waals surface area contributed by atoms with E-state index in [1.807, 2.05) is 0 Å². The maximum Gasteiger partial charge on any atom is 0.263 e. The standard InChI is InChI=1S/C12H12Cl2N4O2S/c1-7-2-3-8(13)4-11(7)18-21(19,20)9-5-10(14)12(17-15)16-6-9/h2-6,18H,15H2,1H3,(H,16,17). The Bertz CT molecular complexity index is 781. The summed E-state index contributed by atoms with van der Waals surface area (Å²) in [5.74, 6) is 5.38. The Balaban J connectivity index is 2.38. The molecule has 2 aromatic rings. The summed E-state index contributed by atoms with van der Waals surface area (Å²) in [6.07, 6.45) is 1.16. The molecule has 1 heterocycles. The first-order valence-electron chi connectivity index (χ1n) is 5.74. The van der Waals surface area contributed by atoms with Crippen LogP contribution in [0.2, 0.25) is 10.0 Å². The highest BCUT2D eigenvalue weighted by molar-refractivity contribution is 7.92. The van der Waals surface area contributed by atoms with Crippen LogP contribution >= 0.6 is 23.2 Å². The smallest absolute Gasteiger partial charge is 0.263 e. The quantitative estimate of drug-likeness (QED) is 0.584. The number of hydrogen-bond acceptors (Lipinski definition) is 5. The van der Waals surface area contributed by atoms with Crippen LogP contribution < -0.4 is 16.0 Å².